The van der Waals surface area contributed by atoms with Gasteiger partial charge in [-0.15, -0.1) is 10.2 Å². The van der Waals surface area contributed by atoms with E-state index in [1.165, 1.54) is 0 Å². The van der Waals surface area contributed by atoms with Crippen LogP contribution in [-0.4, -0.2) is 59.5 Å². The molecule has 4 aromatic rings. The van der Waals surface area contributed by atoms with Crippen LogP contribution in [-0.2, 0) is 9.53 Å². The van der Waals surface area contributed by atoms with Crippen LogP contribution in [0.3, 0.4) is 0 Å². The number of hydrogen-bond donors (Lipinski definition) is 0. The molecule has 0 bridgehead atoms. The van der Waals surface area contributed by atoms with Crippen molar-refractivity contribution >= 4 is 28.5 Å². The zero-order chi connectivity index (χ0) is 23.7. The van der Waals surface area contributed by atoms with Gasteiger partial charge in [-0.1, -0.05) is 12.1 Å². The fraction of sp³-hybridized carbons (Fsp3) is 0.360. The number of hydrogen-bond acceptors (Lipinski definition) is 8. The zero-order valence-electron chi connectivity index (χ0n) is 19.5. The standard InChI is InChI=1S/C25H27N5O4/c1-4-34-24(31)17-8-7-13-29(15-17)25-26-19-10-6-5-9-18(19)23-28-27-22(30(23)25)16-11-12-20(32-2)21(14-16)33-3/h5-6,9-12,14,17H,4,7-8,13,15H2,1-3H3/t17-/m0/s1. The third-order valence-electron chi connectivity index (χ3n) is 6.19. The number of para-hydroxylation sites is 1. The first-order valence-electron chi connectivity index (χ1n) is 11.4. The van der Waals surface area contributed by atoms with E-state index >= 15 is 0 Å². The maximum absolute atomic E-state index is 12.5. The summed E-state index contributed by atoms with van der Waals surface area (Å²) in [6.45, 7) is 3.52. The van der Waals surface area contributed by atoms with Gasteiger partial charge in [-0.3, -0.25) is 4.79 Å². The maximum Gasteiger partial charge on any atom is 0.310 e. The number of aromatic nitrogens is 4. The Bertz CT molecular complexity index is 1350. The van der Waals surface area contributed by atoms with Crippen LogP contribution in [0.5, 0.6) is 11.5 Å². The zero-order valence-corrected chi connectivity index (χ0v) is 19.5. The Morgan fingerprint density at radius 2 is 1.91 bits per heavy atom. The van der Waals surface area contributed by atoms with E-state index < -0.39 is 0 Å². The molecule has 1 atom stereocenters. The molecule has 9 heteroatoms. The number of nitrogens with zero attached hydrogens (tertiary/aromatic N) is 5. The van der Waals surface area contributed by atoms with Gasteiger partial charge in [0.15, 0.2) is 23.0 Å². The van der Waals surface area contributed by atoms with Crippen molar-refractivity contribution in [2.75, 3.05) is 38.8 Å². The molecule has 1 fully saturated rings. The number of fused-ring (bicyclic) bond motifs is 3. The second kappa shape index (κ2) is 9.17. The van der Waals surface area contributed by atoms with E-state index in [1.807, 2.05) is 53.8 Å². The molecule has 0 saturated carbocycles. The first-order valence-corrected chi connectivity index (χ1v) is 11.4. The minimum Gasteiger partial charge on any atom is -0.493 e. The Morgan fingerprint density at radius 1 is 1.09 bits per heavy atom. The molecule has 3 heterocycles. The first-order chi connectivity index (χ1) is 16.6. The number of carbonyl (C=O) groups excluding carboxylic acids is 1. The Hall–Kier alpha value is -3.88. The fourth-order valence-electron chi connectivity index (χ4n) is 4.55. The average molecular weight is 462 g/mol. The first kappa shape index (κ1) is 21.9. The van der Waals surface area contributed by atoms with Gasteiger partial charge < -0.3 is 19.1 Å². The summed E-state index contributed by atoms with van der Waals surface area (Å²) in [5.41, 5.74) is 2.36. The molecule has 1 saturated heterocycles. The van der Waals surface area contributed by atoms with E-state index in [9.17, 15) is 4.79 Å². The van der Waals surface area contributed by atoms with Crippen LogP contribution >= 0.6 is 0 Å². The molecule has 2 aromatic heterocycles. The molecule has 1 aliphatic rings. The van der Waals surface area contributed by atoms with Gasteiger partial charge in [0.25, 0.3) is 0 Å². The van der Waals surface area contributed by atoms with Crippen molar-refractivity contribution in [1.82, 2.24) is 19.6 Å². The van der Waals surface area contributed by atoms with Crippen LogP contribution < -0.4 is 14.4 Å². The van der Waals surface area contributed by atoms with Crippen molar-refractivity contribution < 1.29 is 19.0 Å². The summed E-state index contributed by atoms with van der Waals surface area (Å²) < 4.78 is 18.2. The number of anilines is 1. The summed E-state index contributed by atoms with van der Waals surface area (Å²) in [6.07, 6.45) is 1.67. The van der Waals surface area contributed by atoms with E-state index in [4.69, 9.17) is 19.2 Å². The highest BCUT2D eigenvalue weighted by atomic mass is 16.5. The number of esters is 1. The van der Waals surface area contributed by atoms with Gasteiger partial charge in [-0.25, -0.2) is 9.38 Å². The van der Waals surface area contributed by atoms with Gasteiger partial charge in [-0.2, -0.15) is 0 Å². The van der Waals surface area contributed by atoms with Crippen molar-refractivity contribution in [3.05, 3.63) is 42.5 Å². The highest BCUT2D eigenvalue weighted by Crippen LogP contribution is 2.35. The molecule has 5 rings (SSSR count). The number of carbonyl (C=O) groups is 1. The summed E-state index contributed by atoms with van der Waals surface area (Å²) in [5, 5.41) is 9.99. The normalized spacial score (nSPS) is 16.1. The topological polar surface area (TPSA) is 91.1 Å². The van der Waals surface area contributed by atoms with Crippen LogP contribution in [0, 0.1) is 5.92 Å². The lowest BCUT2D eigenvalue weighted by molar-refractivity contribution is -0.148. The highest BCUT2D eigenvalue weighted by Gasteiger charge is 2.30. The molecule has 0 aliphatic carbocycles. The van der Waals surface area contributed by atoms with Crippen molar-refractivity contribution in [1.29, 1.82) is 0 Å². The van der Waals surface area contributed by atoms with Crippen LogP contribution in [0.2, 0.25) is 0 Å². The fourth-order valence-corrected chi connectivity index (χ4v) is 4.55. The van der Waals surface area contributed by atoms with Crippen LogP contribution in [0.25, 0.3) is 27.9 Å². The second-order valence-electron chi connectivity index (χ2n) is 8.22. The SMILES string of the molecule is CCOC(=O)[C@H]1CCCN(c2nc3ccccc3c3nnc(-c4ccc(OC)c(OC)c4)n23)C1. The number of methoxy groups -OCH3 is 2. The monoisotopic (exact) mass is 461 g/mol. The number of benzene rings is 2. The predicted octanol–water partition coefficient (Wildman–Crippen LogP) is 3.74. The summed E-state index contributed by atoms with van der Waals surface area (Å²) >= 11 is 0. The number of piperidine rings is 1. The van der Waals surface area contributed by atoms with Crippen molar-refractivity contribution in [3.63, 3.8) is 0 Å². The lowest BCUT2D eigenvalue weighted by atomic mass is 9.98. The number of rotatable bonds is 6. The van der Waals surface area contributed by atoms with E-state index in [-0.39, 0.29) is 11.9 Å². The lowest BCUT2D eigenvalue weighted by Gasteiger charge is -2.32. The smallest absolute Gasteiger partial charge is 0.310 e. The largest absolute Gasteiger partial charge is 0.493 e. The molecule has 34 heavy (non-hydrogen) atoms. The van der Waals surface area contributed by atoms with Gasteiger partial charge >= 0.3 is 5.97 Å². The van der Waals surface area contributed by atoms with Crippen molar-refractivity contribution in [2.24, 2.45) is 5.92 Å². The molecule has 0 spiro atoms. The van der Waals surface area contributed by atoms with Gasteiger partial charge in [0, 0.05) is 24.0 Å². The highest BCUT2D eigenvalue weighted by molar-refractivity contribution is 5.93. The molecular formula is C25H27N5O4. The molecule has 0 unspecified atom stereocenters. The van der Waals surface area contributed by atoms with Crippen LogP contribution in [0.15, 0.2) is 42.5 Å². The van der Waals surface area contributed by atoms with E-state index in [1.54, 1.807) is 14.2 Å². The maximum atomic E-state index is 12.5. The second-order valence-corrected chi connectivity index (χ2v) is 8.22. The van der Waals surface area contributed by atoms with Crippen molar-refractivity contribution in [3.8, 4) is 22.9 Å². The van der Waals surface area contributed by atoms with Gasteiger partial charge in [-0.05, 0) is 50.1 Å². The van der Waals surface area contributed by atoms with Gasteiger partial charge in [0.05, 0.1) is 32.3 Å². The Morgan fingerprint density at radius 3 is 2.71 bits per heavy atom. The molecule has 0 radical (unpaired) electrons. The summed E-state index contributed by atoms with van der Waals surface area (Å²) in [6, 6.07) is 13.5. The summed E-state index contributed by atoms with van der Waals surface area (Å²) in [4.78, 5) is 19.6. The molecule has 1 aliphatic heterocycles. The Balaban J connectivity index is 1.68. The lowest BCUT2D eigenvalue weighted by Crippen LogP contribution is -2.40. The molecular weight excluding hydrogens is 434 g/mol. The molecule has 0 N–H and O–H groups in total. The average Bonchev–Trinajstić information content (AvgIpc) is 3.33. The Kier molecular flexibility index (Phi) is 5.91. The van der Waals surface area contributed by atoms with Crippen LogP contribution in [0.1, 0.15) is 19.8 Å². The molecule has 0 amide bonds. The minimum atomic E-state index is -0.196. The molecule has 2 aromatic carbocycles. The van der Waals surface area contributed by atoms with Gasteiger partial charge in [0.1, 0.15) is 0 Å². The van der Waals surface area contributed by atoms with Crippen LogP contribution in [0.4, 0.5) is 5.95 Å². The third kappa shape index (κ3) is 3.76. The number of ether oxygens (including phenoxy) is 3. The molecule has 9 nitrogen and oxygen atoms in total. The Labute approximate surface area is 197 Å². The predicted molar refractivity (Wildman–Crippen MR) is 128 cm³/mol. The summed E-state index contributed by atoms with van der Waals surface area (Å²) in [5.74, 6) is 2.23. The van der Waals surface area contributed by atoms with E-state index in [0.717, 1.165) is 35.9 Å². The van der Waals surface area contributed by atoms with Crippen molar-refractivity contribution in [2.45, 2.75) is 19.8 Å². The molecule has 176 valence electrons. The summed E-state index contributed by atoms with van der Waals surface area (Å²) in [7, 11) is 3.21. The van der Waals surface area contributed by atoms with E-state index in [2.05, 4.69) is 15.1 Å². The van der Waals surface area contributed by atoms with Gasteiger partial charge in [0.2, 0.25) is 5.95 Å². The van der Waals surface area contributed by atoms with E-state index in [0.29, 0.717) is 42.1 Å². The minimum absolute atomic E-state index is 0.159. The quantitative estimate of drug-likeness (QED) is 0.401. The third-order valence-corrected chi connectivity index (χ3v) is 6.19.